The first-order chi connectivity index (χ1) is 13.3. The van der Waals surface area contributed by atoms with Gasteiger partial charge in [-0.2, -0.15) is 4.58 Å². The van der Waals surface area contributed by atoms with Gasteiger partial charge in [0, 0.05) is 12.5 Å². The molecule has 0 radical (unpaired) electrons. The van der Waals surface area contributed by atoms with Gasteiger partial charge in [0.05, 0.1) is 0 Å². The van der Waals surface area contributed by atoms with Gasteiger partial charge in [-0.1, -0.05) is 103 Å². The highest BCUT2D eigenvalue weighted by Gasteiger charge is 2.05. The Labute approximate surface area is 167 Å². The monoisotopic (exact) mass is 376 g/mol. The fourth-order valence-electron chi connectivity index (χ4n) is 3.39. The summed E-state index contributed by atoms with van der Waals surface area (Å²) in [7, 11) is 0. The Morgan fingerprint density at radius 2 is 1.33 bits per heavy atom. The molecule has 1 aliphatic rings. The summed E-state index contributed by atoms with van der Waals surface area (Å²) in [6, 6.07) is 0. The summed E-state index contributed by atoms with van der Waals surface area (Å²) in [4.78, 5) is 11.7. The molecule has 3 nitrogen and oxygen atoms in total. The van der Waals surface area contributed by atoms with Gasteiger partial charge < -0.3 is 4.74 Å². The minimum atomic E-state index is -0.118. The highest BCUT2D eigenvalue weighted by molar-refractivity contribution is 5.76. The summed E-state index contributed by atoms with van der Waals surface area (Å²) in [5, 5.41) is 0. The largest absolute Gasteiger partial charge is 0.377 e. The van der Waals surface area contributed by atoms with Crippen molar-refractivity contribution in [3.05, 3.63) is 24.4 Å². The summed E-state index contributed by atoms with van der Waals surface area (Å²) in [5.74, 6) is -0.118. The molecule has 0 N–H and O–H groups in total. The summed E-state index contributed by atoms with van der Waals surface area (Å²) in [5.41, 5.74) is 0. The minimum absolute atomic E-state index is 0.118. The van der Waals surface area contributed by atoms with Gasteiger partial charge in [0.25, 0.3) is 0 Å². The van der Waals surface area contributed by atoms with Crippen molar-refractivity contribution in [1.29, 1.82) is 0 Å². The number of carbonyl (C=O) groups is 1. The van der Waals surface area contributed by atoms with E-state index in [9.17, 15) is 4.79 Å². The SMILES string of the molecule is CCCCCCCCCCCCCCCCCC(=O)OC=[N+]1C=CC=CC1. The second-order valence-electron chi connectivity index (χ2n) is 7.76. The zero-order valence-electron chi connectivity index (χ0n) is 17.7. The Morgan fingerprint density at radius 1 is 0.815 bits per heavy atom. The second-order valence-corrected chi connectivity index (χ2v) is 7.76. The van der Waals surface area contributed by atoms with Crippen LogP contribution in [0.5, 0.6) is 0 Å². The minimum Gasteiger partial charge on any atom is -0.377 e. The number of hydrogen-bond donors (Lipinski definition) is 0. The molecule has 3 heteroatoms. The van der Waals surface area contributed by atoms with Crippen LogP contribution in [0.3, 0.4) is 0 Å². The summed E-state index contributed by atoms with van der Waals surface area (Å²) in [6.45, 7) is 3.04. The number of hydrogen-bond acceptors (Lipinski definition) is 2. The summed E-state index contributed by atoms with van der Waals surface area (Å²) < 4.78 is 7.04. The number of ether oxygens (including phenoxy) is 1. The predicted octanol–water partition coefficient (Wildman–Crippen LogP) is 6.92. The maximum absolute atomic E-state index is 11.7. The van der Waals surface area contributed by atoms with E-state index in [1.54, 1.807) is 0 Å². The molecule has 0 amide bonds. The van der Waals surface area contributed by atoms with Crippen LogP contribution in [-0.2, 0) is 9.53 Å². The van der Waals surface area contributed by atoms with Crippen LogP contribution in [0.25, 0.3) is 0 Å². The van der Waals surface area contributed by atoms with Crippen molar-refractivity contribution in [2.75, 3.05) is 6.54 Å². The first-order valence-electron chi connectivity index (χ1n) is 11.4. The molecule has 1 rings (SSSR count). The van der Waals surface area contributed by atoms with Crippen molar-refractivity contribution in [2.45, 2.75) is 110 Å². The zero-order valence-corrected chi connectivity index (χ0v) is 17.7. The van der Waals surface area contributed by atoms with Crippen LogP contribution in [0.2, 0.25) is 0 Å². The van der Waals surface area contributed by atoms with E-state index in [0.29, 0.717) is 6.42 Å². The molecule has 0 atom stereocenters. The van der Waals surface area contributed by atoms with Crippen LogP contribution in [-0.4, -0.2) is 23.5 Å². The summed E-state index contributed by atoms with van der Waals surface area (Å²) in [6.07, 6.45) is 30.0. The van der Waals surface area contributed by atoms with Gasteiger partial charge in [0.15, 0.2) is 12.7 Å². The summed E-state index contributed by atoms with van der Waals surface area (Å²) >= 11 is 0. The van der Waals surface area contributed by atoms with E-state index in [1.807, 2.05) is 29.0 Å². The van der Waals surface area contributed by atoms with Gasteiger partial charge >= 0.3 is 12.4 Å². The smallest absolute Gasteiger partial charge is 0.337 e. The Kier molecular flexibility index (Phi) is 15.8. The Hall–Kier alpha value is -1.38. The maximum Gasteiger partial charge on any atom is 0.337 e. The van der Waals surface area contributed by atoms with Crippen LogP contribution < -0.4 is 0 Å². The number of esters is 1. The molecule has 0 saturated heterocycles. The first-order valence-corrected chi connectivity index (χ1v) is 11.4. The lowest BCUT2D eigenvalue weighted by Crippen LogP contribution is -2.13. The van der Waals surface area contributed by atoms with Crippen molar-refractivity contribution in [2.24, 2.45) is 0 Å². The average Bonchev–Trinajstić information content (AvgIpc) is 2.70. The second kappa shape index (κ2) is 18.0. The van der Waals surface area contributed by atoms with E-state index in [2.05, 4.69) is 6.92 Å². The molecule has 0 unspecified atom stereocenters. The Bertz CT molecular complexity index is 451. The third-order valence-corrected chi connectivity index (χ3v) is 5.14. The quantitative estimate of drug-likeness (QED) is 0.119. The van der Waals surface area contributed by atoms with Crippen molar-refractivity contribution >= 4 is 12.4 Å². The molecule has 1 heterocycles. The molecule has 0 aromatic rings. The van der Waals surface area contributed by atoms with Gasteiger partial charge in [-0.3, -0.25) is 4.79 Å². The number of unbranched alkanes of at least 4 members (excludes halogenated alkanes) is 14. The average molecular weight is 377 g/mol. The van der Waals surface area contributed by atoms with Gasteiger partial charge in [0.2, 0.25) is 0 Å². The van der Waals surface area contributed by atoms with Crippen LogP contribution in [0, 0.1) is 0 Å². The van der Waals surface area contributed by atoms with Crippen molar-refractivity contribution in [3.63, 3.8) is 0 Å². The fraction of sp³-hybridized carbons (Fsp3) is 0.750. The van der Waals surface area contributed by atoms with Crippen LogP contribution in [0.15, 0.2) is 24.4 Å². The van der Waals surface area contributed by atoms with Crippen molar-refractivity contribution < 1.29 is 14.1 Å². The molecular formula is C24H42NO2+. The van der Waals surface area contributed by atoms with E-state index in [-0.39, 0.29) is 5.97 Å². The van der Waals surface area contributed by atoms with Crippen molar-refractivity contribution in [3.8, 4) is 0 Å². The van der Waals surface area contributed by atoms with Gasteiger partial charge in [0.1, 0.15) is 0 Å². The number of allylic oxidation sites excluding steroid dienone is 2. The third-order valence-electron chi connectivity index (χ3n) is 5.14. The molecule has 0 fully saturated rings. The molecule has 0 bridgehead atoms. The highest BCUT2D eigenvalue weighted by atomic mass is 16.5. The molecule has 0 aliphatic carbocycles. The standard InChI is InChI=1S/C24H42NO2/c1-2-3-4-5-6-7-8-9-10-11-12-13-14-15-17-20-24(26)27-23-25-21-18-16-19-22-25/h16,18-19,21,23H,2-15,17,20,22H2,1H3/q+1. The van der Waals surface area contributed by atoms with Crippen LogP contribution in [0.1, 0.15) is 110 Å². The molecule has 0 aromatic carbocycles. The Morgan fingerprint density at radius 3 is 1.81 bits per heavy atom. The molecule has 27 heavy (non-hydrogen) atoms. The van der Waals surface area contributed by atoms with E-state index in [4.69, 9.17) is 4.74 Å². The Balaban J connectivity index is 1.78. The number of rotatable bonds is 17. The third kappa shape index (κ3) is 15.4. The van der Waals surface area contributed by atoms with Crippen LogP contribution >= 0.6 is 0 Å². The lowest BCUT2D eigenvalue weighted by Gasteiger charge is -2.03. The highest BCUT2D eigenvalue weighted by Crippen LogP contribution is 2.13. The molecule has 0 aromatic heterocycles. The van der Waals surface area contributed by atoms with E-state index < -0.39 is 0 Å². The molecule has 0 saturated carbocycles. The van der Waals surface area contributed by atoms with E-state index >= 15 is 0 Å². The lowest BCUT2D eigenvalue weighted by atomic mass is 10.0. The maximum atomic E-state index is 11.7. The number of carbonyl (C=O) groups excluding carboxylic acids is 1. The topological polar surface area (TPSA) is 29.3 Å². The molecular weight excluding hydrogens is 334 g/mol. The van der Waals surface area contributed by atoms with E-state index in [0.717, 1.165) is 19.4 Å². The lowest BCUT2D eigenvalue weighted by molar-refractivity contribution is -0.449. The van der Waals surface area contributed by atoms with Gasteiger partial charge in [-0.05, 0) is 12.5 Å². The molecule has 154 valence electrons. The normalized spacial score (nSPS) is 14.8. The predicted molar refractivity (Wildman–Crippen MR) is 115 cm³/mol. The van der Waals surface area contributed by atoms with Crippen LogP contribution in [0.4, 0.5) is 0 Å². The number of nitrogens with zero attached hydrogens (tertiary/aromatic N) is 1. The van der Waals surface area contributed by atoms with E-state index in [1.165, 1.54) is 89.9 Å². The molecule has 1 aliphatic heterocycles. The van der Waals surface area contributed by atoms with Gasteiger partial charge in [-0.15, -0.1) is 0 Å². The fourth-order valence-corrected chi connectivity index (χ4v) is 3.39. The zero-order chi connectivity index (χ0) is 19.4. The first kappa shape index (κ1) is 23.7. The molecule has 0 spiro atoms. The van der Waals surface area contributed by atoms with Gasteiger partial charge in [-0.25, -0.2) is 0 Å². The van der Waals surface area contributed by atoms with Crippen molar-refractivity contribution in [1.82, 2.24) is 0 Å².